The van der Waals surface area contributed by atoms with Crippen LogP contribution in [0.25, 0.3) is 0 Å². The summed E-state index contributed by atoms with van der Waals surface area (Å²) in [5, 5.41) is 0. The molecule has 114 valence electrons. The molecule has 1 aliphatic rings. The van der Waals surface area contributed by atoms with Gasteiger partial charge in [-0.25, -0.2) is 0 Å². The second-order valence-corrected chi connectivity index (χ2v) is 5.59. The highest BCUT2D eigenvalue weighted by molar-refractivity contribution is 5.80. The average Bonchev–Trinajstić information content (AvgIpc) is 2.68. The van der Waals surface area contributed by atoms with Crippen LogP contribution in [0.3, 0.4) is 0 Å². The molecule has 1 saturated heterocycles. The van der Waals surface area contributed by atoms with Gasteiger partial charge >= 0.3 is 0 Å². The molecule has 0 atom stereocenters. The van der Waals surface area contributed by atoms with E-state index >= 15 is 0 Å². The van der Waals surface area contributed by atoms with E-state index in [1.807, 2.05) is 16.7 Å². The summed E-state index contributed by atoms with van der Waals surface area (Å²) in [6, 6.07) is 8.30. The molecular weight excluding hydrogens is 264 g/mol. The van der Waals surface area contributed by atoms with E-state index in [2.05, 4.69) is 31.2 Å². The molecule has 21 heavy (non-hydrogen) atoms. The van der Waals surface area contributed by atoms with Gasteiger partial charge in [-0.3, -0.25) is 9.59 Å². The Morgan fingerprint density at radius 3 is 2.52 bits per heavy atom. The van der Waals surface area contributed by atoms with E-state index < -0.39 is 0 Å². The van der Waals surface area contributed by atoms with Gasteiger partial charge in [0.05, 0.1) is 0 Å². The summed E-state index contributed by atoms with van der Waals surface area (Å²) in [4.78, 5) is 27.8. The molecule has 1 aromatic carbocycles. The van der Waals surface area contributed by atoms with Gasteiger partial charge in [0.25, 0.3) is 0 Å². The first-order valence-corrected chi connectivity index (χ1v) is 7.71. The van der Waals surface area contributed by atoms with Crippen molar-refractivity contribution in [1.29, 1.82) is 0 Å². The molecule has 0 unspecified atom stereocenters. The van der Waals surface area contributed by atoms with Crippen LogP contribution in [0.4, 0.5) is 0 Å². The molecule has 1 aromatic rings. The van der Waals surface area contributed by atoms with Gasteiger partial charge in [0.2, 0.25) is 11.8 Å². The Hall–Kier alpha value is -1.84. The van der Waals surface area contributed by atoms with E-state index in [-0.39, 0.29) is 11.8 Å². The third kappa shape index (κ3) is 4.31. The minimum Gasteiger partial charge on any atom is -0.341 e. The van der Waals surface area contributed by atoms with Crippen molar-refractivity contribution in [2.24, 2.45) is 0 Å². The van der Waals surface area contributed by atoms with E-state index in [0.717, 1.165) is 13.0 Å². The summed E-state index contributed by atoms with van der Waals surface area (Å²) in [7, 11) is 0. The van der Waals surface area contributed by atoms with E-state index in [4.69, 9.17) is 0 Å². The maximum Gasteiger partial charge on any atom is 0.224 e. The lowest BCUT2D eigenvalue weighted by atomic mass is 10.1. The normalized spacial score (nSPS) is 16.0. The van der Waals surface area contributed by atoms with Crippen LogP contribution in [0, 0.1) is 6.92 Å². The van der Waals surface area contributed by atoms with Gasteiger partial charge in [-0.2, -0.15) is 0 Å². The van der Waals surface area contributed by atoms with Crippen molar-refractivity contribution < 1.29 is 9.59 Å². The van der Waals surface area contributed by atoms with Gasteiger partial charge in [-0.05, 0) is 25.8 Å². The van der Waals surface area contributed by atoms with Crippen LogP contribution < -0.4 is 0 Å². The zero-order valence-corrected chi connectivity index (χ0v) is 13.0. The minimum absolute atomic E-state index is 0.154. The van der Waals surface area contributed by atoms with Gasteiger partial charge in [0.15, 0.2) is 0 Å². The Kier molecular flexibility index (Phi) is 5.37. The van der Waals surface area contributed by atoms with Crippen LogP contribution >= 0.6 is 0 Å². The number of aryl methyl sites for hydroxylation is 2. The SMILES string of the molecule is CCN1CCN(C(=O)CCc2ccc(C)cc2)CCC1=O. The standard InChI is InChI=1S/C17H24N2O2/c1-3-18-12-13-19(11-10-17(18)21)16(20)9-8-15-6-4-14(2)5-7-15/h4-7H,3,8-13H2,1-2H3. The quantitative estimate of drug-likeness (QED) is 0.850. The molecule has 1 fully saturated rings. The summed E-state index contributed by atoms with van der Waals surface area (Å²) in [6.07, 6.45) is 1.73. The number of hydrogen-bond acceptors (Lipinski definition) is 2. The third-order valence-electron chi connectivity index (χ3n) is 4.07. The monoisotopic (exact) mass is 288 g/mol. The van der Waals surface area contributed by atoms with Gasteiger partial charge in [0.1, 0.15) is 0 Å². The van der Waals surface area contributed by atoms with Crippen molar-refractivity contribution in [3.63, 3.8) is 0 Å². The summed E-state index contributed by atoms with van der Waals surface area (Å²) >= 11 is 0. The molecule has 0 N–H and O–H groups in total. The highest BCUT2D eigenvalue weighted by atomic mass is 16.2. The fraction of sp³-hybridized carbons (Fsp3) is 0.529. The number of amides is 2. The van der Waals surface area contributed by atoms with Crippen LogP contribution in [0.1, 0.15) is 30.9 Å². The topological polar surface area (TPSA) is 40.6 Å². The summed E-state index contributed by atoms with van der Waals surface area (Å²) in [5.74, 6) is 0.313. The van der Waals surface area contributed by atoms with Crippen LogP contribution in [-0.4, -0.2) is 47.8 Å². The molecular formula is C17H24N2O2. The Bertz CT molecular complexity index is 496. The lowest BCUT2D eigenvalue weighted by molar-refractivity contribution is -0.131. The second-order valence-electron chi connectivity index (χ2n) is 5.59. The highest BCUT2D eigenvalue weighted by Crippen LogP contribution is 2.10. The molecule has 0 aromatic heterocycles. The van der Waals surface area contributed by atoms with Crippen LogP contribution in [0.15, 0.2) is 24.3 Å². The predicted molar refractivity (Wildman–Crippen MR) is 83.0 cm³/mol. The zero-order chi connectivity index (χ0) is 15.2. The highest BCUT2D eigenvalue weighted by Gasteiger charge is 2.22. The lowest BCUT2D eigenvalue weighted by Crippen LogP contribution is -2.35. The Morgan fingerprint density at radius 1 is 1.14 bits per heavy atom. The molecule has 0 bridgehead atoms. The molecule has 1 heterocycles. The van der Waals surface area contributed by atoms with E-state index in [9.17, 15) is 9.59 Å². The van der Waals surface area contributed by atoms with Gasteiger partial charge in [0, 0.05) is 39.0 Å². The first-order chi connectivity index (χ1) is 10.1. The number of carbonyl (C=O) groups is 2. The largest absolute Gasteiger partial charge is 0.341 e. The Morgan fingerprint density at radius 2 is 1.86 bits per heavy atom. The van der Waals surface area contributed by atoms with Crippen LogP contribution in [0.5, 0.6) is 0 Å². The molecule has 2 amide bonds. The average molecular weight is 288 g/mol. The van der Waals surface area contributed by atoms with Crippen molar-refractivity contribution in [1.82, 2.24) is 9.80 Å². The van der Waals surface area contributed by atoms with Crippen molar-refractivity contribution in [3.8, 4) is 0 Å². The molecule has 4 heteroatoms. The number of rotatable bonds is 4. The maximum atomic E-state index is 12.3. The fourth-order valence-corrected chi connectivity index (χ4v) is 2.61. The smallest absolute Gasteiger partial charge is 0.224 e. The molecule has 0 aliphatic carbocycles. The molecule has 0 radical (unpaired) electrons. The fourth-order valence-electron chi connectivity index (χ4n) is 2.61. The van der Waals surface area contributed by atoms with Crippen LogP contribution in [-0.2, 0) is 16.0 Å². The predicted octanol–water partition coefficient (Wildman–Crippen LogP) is 2.01. The number of benzene rings is 1. The first kappa shape index (κ1) is 15.5. The van der Waals surface area contributed by atoms with Crippen molar-refractivity contribution in [2.45, 2.75) is 33.1 Å². The zero-order valence-electron chi connectivity index (χ0n) is 13.0. The molecule has 4 nitrogen and oxygen atoms in total. The molecule has 2 rings (SSSR count). The summed E-state index contributed by atoms with van der Waals surface area (Å²) in [5.41, 5.74) is 2.42. The Balaban J connectivity index is 1.85. The second kappa shape index (κ2) is 7.25. The summed E-state index contributed by atoms with van der Waals surface area (Å²) < 4.78 is 0. The number of nitrogens with zero attached hydrogens (tertiary/aromatic N) is 2. The number of carbonyl (C=O) groups excluding carboxylic acids is 2. The van der Waals surface area contributed by atoms with Gasteiger partial charge in [-0.15, -0.1) is 0 Å². The molecule has 1 aliphatic heterocycles. The first-order valence-electron chi connectivity index (χ1n) is 7.71. The minimum atomic E-state index is 0.154. The molecule has 0 saturated carbocycles. The third-order valence-corrected chi connectivity index (χ3v) is 4.07. The van der Waals surface area contributed by atoms with Gasteiger partial charge < -0.3 is 9.80 Å². The number of hydrogen-bond donors (Lipinski definition) is 0. The van der Waals surface area contributed by atoms with E-state index in [1.54, 1.807) is 0 Å². The van der Waals surface area contributed by atoms with E-state index in [1.165, 1.54) is 11.1 Å². The van der Waals surface area contributed by atoms with Crippen molar-refractivity contribution in [2.75, 3.05) is 26.2 Å². The molecule has 0 spiro atoms. The lowest BCUT2D eigenvalue weighted by Gasteiger charge is -2.21. The van der Waals surface area contributed by atoms with Crippen LogP contribution in [0.2, 0.25) is 0 Å². The summed E-state index contributed by atoms with van der Waals surface area (Å²) in [6.45, 7) is 6.64. The van der Waals surface area contributed by atoms with Gasteiger partial charge in [-0.1, -0.05) is 29.8 Å². The Labute approximate surface area is 126 Å². The van der Waals surface area contributed by atoms with E-state index in [0.29, 0.717) is 32.5 Å². The van der Waals surface area contributed by atoms with Crippen molar-refractivity contribution in [3.05, 3.63) is 35.4 Å². The number of likely N-dealkylation sites (N-methyl/N-ethyl adjacent to an activating group) is 1. The maximum absolute atomic E-state index is 12.3. The van der Waals surface area contributed by atoms with Crippen molar-refractivity contribution >= 4 is 11.8 Å².